The predicted molar refractivity (Wildman–Crippen MR) is 203 cm³/mol. The van der Waals surface area contributed by atoms with Gasteiger partial charge in [-0.05, 0) is 104 Å². The van der Waals surface area contributed by atoms with Gasteiger partial charge in [-0.2, -0.15) is 9.97 Å². The van der Waals surface area contributed by atoms with Gasteiger partial charge in [0, 0.05) is 32.7 Å². The zero-order chi connectivity index (χ0) is 37.1. The fraction of sp³-hybridized carbons (Fsp3) is 0.415. The first-order chi connectivity index (χ1) is 25.6. The number of H-pyrrole nitrogens is 1. The van der Waals surface area contributed by atoms with Crippen LogP contribution in [0, 0.1) is 5.41 Å². The fourth-order valence-electron chi connectivity index (χ4n) is 7.48. The van der Waals surface area contributed by atoms with Crippen LogP contribution in [0.3, 0.4) is 0 Å². The summed E-state index contributed by atoms with van der Waals surface area (Å²) < 4.78 is 18.7. The summed E-state index contributed by atoms with van der Waals surface area (Å²) in [5.41, 5.74) is 6.84. The Morgan fingerprint density at radius 1 is 0.906 bits per heavy atom. The van der Waals surface area contributed by atoms with Crippen molar-refractivity contribution in [2.75, 3.05) is 38.8 Å². The summed E-state index contributed by atoms with van der Waals surface area (Å²) in [7, 11) is 3.30. The Morgan fingerprint density at radius 3 is 2.21 bits per heavy atom. The van der Waals surface area contributed by atoms with Crippen molar-refractivity contribution in [2.24, 2.45) is 5.41 Å². The second-order valence-electron chi connectivity index (χ2n) is 14.8. The number of anilines is 1. The monoisotopic (exact) mass is 720 g/mol. The van der Waals surface area contributed by atoms with E-state index in [-0.39, 0.29) is 11.7 Å². The molecule has 0 atom stereocenters. The highest BCUT2D eigenvalue weighted by Gasteiger charge is 2.32. The van der Waals surface area contributed by atoms with Gasteiger partial charge in [0.15, 0.2) is 11.5 Å². The summed E-state index contributed by atoms with van der Waals surface area (Å²) in [4.78, 5) is 43.1. The van der Waals surface area contributed by atoms with E-state index in [1.54, 1.807) is 32.6 Å². The Bertz CT molecular complexity index is 2090. The molecule has 7 rings (SSSR count). The Kier molecular flexibility index (Phi) is 10.4. The van der Waals surface area contributed by atoms with Crippen LogP contribution in [0.4, 0.5) is 5.82 Å². The summed E-state index contributed by atoms with van der Waals surface area (Å²) in [6, 6.07) is 20.5. The van der Waals surface area contributed by atoms with Crippen LogP contribution in [0.25, 0.3) is 11.2 Å². The molecule has 53 heavy (non-hydrogen) atoms. The van der Waals surface area contributed by atoms with Gasteiger partial charge in [-0.15, -0.1) is 0 Å². The van der Waals surface area contributed by atoms with Gasteiger partial charge in [-0.25, -0.2) is 4.79 Å². The van der Waals surface area contributed by atoms with Crippen LogP contribution in [-0.4, -0.2) is 69.4 Å². The number of rotatable bonds is 10. The van der Waals surface area contributed by atoms with Gasteiger partial charge in [0.05, 0.1) is 32.8 Å². The highest BCUT2D eigenvalue weighted by molar-refractivity contribution is 5.84. The summed E-state index contributed by atoms with van der Waals surface area (Å²) in [5.74, 6) is 1.32. The Labute approximate surface area is 309 Å². The minimum Gasteiger partial charge on any atom is -0.497 e. The summed E-state index contributed by atoms with van der Waals surface area (Å²) in [6.45, 7) is 7.29. The smallest absolute Gasteiger partial charge is 0.328 e. The topological polar surface area (TPSA) is 135 Å². The molecule has 0 radical (unpaired) electrons. The third-order valence-electron chi connectivity index (χ3n) is 10.4. The van der Waals surface area contributed by atoms with Gasteiger partial charge in [0.2, 0.25) is 0 Å². The molecule has 2 aliphatic rings. The van der Waals surface area contributed by atoms with Crippen molar-refractivity contribution < 1.29 is 24.1 Å². The SMILES string of the molecule is COc1ccc(CN(Cc2ccc(OC)cc2)c2nc3nc4c2[nH]c(=O)n4Cc2cc(c4c(c2)CN(CC(C)(C)C(=O)O)CC4)CCCCCO3)cc1. The third-order valence-corrected chi connectivity index (χ3v) is 10.4. The molecule has 5 aromatic rings. The molecule has 0 unspecified atom stereocenters. The van der Waals surface area contributed by atoms with E-state index in [1.165, 1.54) is 16.7 Å². The number of nitrogens with zero attached hydrogens (tertiary/aromatic N) is 5. The Hall–Kier alpha value is -5.36. The van der Waals surface area contributed by atoms with Crippen LogP contribution in [0.15, 0.2) is 65.5 Å². The number of hydrogen-bond acceptors (Lipinski definition) is 9. The number of aryl methyl sites for hydroxylation is 1. The van der Waals surface area contributed by atoms with Gasteiger partial charge in [0.25, 0.3) is 0 Å². The molecule has 12 heteroatoms. The number of ether oxygens (including phenoxy) is 3. The highest BCUT2D eigenvalue weighted by Crippen LogP contribution is 2.32. The van der Waals surface area contributed by atoms with Crippen LogP contribution in [0.5, 0.6) is 17.5 Å². The maximum atomic E-state index is 13.9. The molecule has 2 aromatic heterocycles. The lowest BCUT2D eigenvalue weighted by molar-refractivity contribution is -0.148. The zero-order valence-corrected chi connectivity index (χ0v) is 31.0. The van der Waals surface area contributed by atoms with Crippen LogP contribution in [0.1, 0.15) is 66.5 Å². The molecule has 0 saturated heterocycles. The average molecular weight is 721 g/mol. The van der Waals surface area contributed by atoms with E-state index in [1.807, 2.05) is 48.5 Å². The fourth-order valence-corrected chi connectivity index (χ4v) is 7.48. The molecule has 3 aromatic carbocycles. The van der Waals surface area contributed by atoms with Crippen molar-refractivity contribution in [2.45, 2.75) is 72.1 Å². The maximum absolute atomic E-state index is 13.9. The third kappa shape index (κ3) is 8.02. The van der Waals surface area contributed by atoms with E-state index in [9.17, 15) is 14.7 Å². The minimum atomic E-state index is -0.852. The molecule has 4 heterocycles. The second kappa shape index (κ2) is 15.3. The highest BCUT2D eigenvalue weighted by atomic mass is 16.5. The largest absolute Gasteiger partial charge is 0.497 e. The first-order valence-electron chi connectivity index (χ1n) is 18.3. The number of hydrogen-bond donors (Lipinski definition) is 2. The molecular weight excluding hydrogens is 672 g/mol. The van der Waals surface area contributed by atoms with E-state index in [0.717, 1.165) is 66.8 Å². The molecule has 278 valence electrons. The van der Waals surface area contributed by atoms with Gasteiger partial charge in [0.1, 0.15) is 17.0 Å². The molecular formula is C41H48N6O6. The molecule has 4 bridgehead atoms. The number of carboxylic acids is 1. The van der Waals surface area contributed by atoms with Crippen LogP contribution in [-0.2, 0) is 43.8 Å². The number of fused-ring (bicyclic) bond motifs is 5. The lowest BCUT2D eigenvalue weighted by atomic mass is 9.87. The second-order valence-corrected chi connectivity index (χ2v) is 14.8. The van der Waals surface area contributed by atoms with Crippen LogP contribution in [0.2, 0.25) is 0 Å². The number of carbonyl (C=O) groups is 1. The van der Waals surface area contributed by atoms with Crippen LogP contribution >= 0.6 is 0 Å². The van der Waals surface area contributed by atoms with Crippen molar-refractivity contribution in [1.82, 2.24) is 24.4 Å². The number of benzene rings is 3. The Morgan fingerprint density at radius 2 is 1.57 bits per heavy atom. The molecule has 0 amide bonds. The number of imidazole rings is 1. The average Bonchev–Trinajstić information content (AvgIpc) is 3.46. The molecule has 0 aliphatic carbocycles. The lowest BCUT2D eigenvalue weighted by Crippen LogP contribution is -2.41. The number of nitrogens with one attached hydrogen (secondary N) is 1. The van der Waals surface area contributed by atoms with E-state index < -0.39 is 11.4 Å². The normalized spacial score (nSPS) is 15.0. The van der Waals surface area contributed by atoms with E-state index in [0.29, 0.717) is 56.3 Å². The number of methoxy groups -OCH3 is 2. The molecule has 12 nitrogen and oxygen atoms in total. The number of aromatic amines is 1. The number of aliphatic carboxylic acids is 1. The van der Waals surface area contributed by atoms with Crippen molar-refractivity contribution in [3.63, 3.8) is 0 Å². The summed E-state index contributed by atoms with van der Waals surface area (Å²) in [6.07, 6.45) is 4.65. The standard InChI is InChI=1S/C41H48N6O6/c1-41(2,38(48)49)26-45-18-17-34-30-8-6-5-7-19-53-39-43-36(35-37(44-39)47(40(50)42-35)24-29(20-30)21-31(34)25-45)46(22-27-9-13-32(51-3)14-10-27)23-28-11-15-33(52-4)16-12-28/h9-16,20-21H,5-8,17-19,22-26H2,1-4H3,(H,42,50)(H,48,49). The molecule has 2 N–H and O–H groups in total. The first kappa shape index (κ1) is 36.0. The van der Waals surface area contributed by atoms with Crippen molar-refractivity contribution in [3.8, 4) is 17.5 Å². The van der Waals surface area contributed by atoms with Gasteiger partial charge in [-0.3, -0.25) is 14.3 Å². The predicted octanol–water partition coefficient (Wildman–Crippen LogP) is 5.97. The number of aromatic nitrogens is 4. The molecule has 2 aliphatic heterocycles. The lowest BCUT2D eigenvalue weighted by Gasteiger charge is -2.34. The van der Waals surface area contributed by atoms with E-state index in [4.69, 9.17) is 24.2 Å². The van der Waals surface area contributed by atoms with Gasteiger partial charge in [-0.1, -0.05) is 36.4 Å². The first-order valence-corrected chi connectivity index (χ1v) is 18.3. The summed E-state index contributed by atoms with van der Waals surface area (Å²) >= 11 is 0. The van der Waals surface area contributed by atoms with Crippen molar-refractivity contribution >= 4 is 23.0 Å². The van der Waals surface area contributed by atoms with E-state index in [2.05, 4.69) is 26.9 Å². The molecule has 0 saturated carbocycles. The van der Waals surface area contributed by atoms with Gasteiger partial charge < -0.3 is 29.2 Å². The van der Waals surface area contributed by atoms with E-state index >= 15 is 0 Å². The minimum absolute atomic E-state index is 0.231. The zero-order valence-electron chi connectivity index (χ0n) is 31.0. The summed E-state index contributed by atoms with van der Waals surface area (Å²) in [5, 5.41) is 9.80. The Balaban J connectivity index is 1.30. The molecule has 0 spiro atoms. The maximum Gasteiger partial charge on any atom is 0.328 e. The van der Waals surface area contributed by atoms with Crippen molar-refractivity contribution in [3.05, 3.63) is 105 Å². The van der Waals surface area contributed by atoms with Gasteiger partial charge >= 0.3 is 17.7 Å². The molecule has 0 fully saturated rings. The van der Waals surface area contributed by atoms with Crippen molar-refractivity contribution in [1.29, 1.82) is 0 Å². The number of carboxylic acid groups (broad SMARTS) is 1. The van der Waals surface area contributed by atoms with Crippen LogP contribution < -0.4 is 24.8 Å². The quantitative estimate of drug-likeness (QED) is 0.178.